The fraction of sp³-hybridized carbons (Fsp3) is 0.182. The highest BCUT2D eigenvalue weighted by Gasteiger charge is 2.15. The SMILES string of the molecule is Cc1[nH]c(-c2ccc(OC(F)F)cn2)nc1C(=O)O. The number of hydrogen-bond donors (Lipinski definition) is 2. The van der Waals surface area contributed by atoms with Crippen LogP contribution in [0.25, 0.3) is 11.5 Å². The van der Waals surface area contributed by atoms with Crippen LogP contribution in [-0.4, -0.2) is 32.6 Å². The molecule has 0 aliphatic carbocycles. The first-order valence-electron chi connectivity index (χ1n) is 5.18. The van der Waals surface area contributed by atoms with Crippen LogP contribution in [0.15, 0.2) is 18.3 Å². The zero-order chi connectivity index (χ0) is 14.0. The Morgan fingerprint density at radius 1 is 1.47 bits per heavy atom. The predicted molar refractivity (Wildman–Crippen MR) is 60.1 cm³/mol. The third kappa shape index (κ3) is 2.84. The first kappa shape index (κ1) is 12.9. The van der Waals surface area contributed by atoms with Gasteiger partial charge >= 0.3 is 12.6 Å². The van der Waals surface area contributed by atoms with E-state index in [4.69, 9.17) is 5.11 Å². The lowest BCUT2D eigenvalue weighted by molar-refractivity contribution is -0.0500. The molecule has 0 spiro atoms. The minimum atomic E-state index is -2.92. The number of pyridine rings is 1. The fourth-order valence-corrected chi connectivity index (χ4v) is 1.48. The summed E-state index contributed by atoms with van der Waals surface area (Å²) < 4.78 is 28.1. The number of aromatic carboxylic acids is 1. The number of nitrogens with one attached hydrogen (secondary N) is 1. The zero-order valence-electron chi connectivity index (χ0n) is 9.72. The number of alkyl halides is 2. The topological polar surface area (TPSA) is 88.1 Å². The summed E-state index contributed by atoms with van der Waals surface area (Å²) in [5.41, 5.74) is 0.610. The van der Waals surface area contributed by atoms with Crippen molar-refractivity contribution in [3.05, 3.63) is 29.7 Å². The minimum absolute atomic E-state index is 0.0829. The lowest BCUT2D eigenvalue weighted by atomic mass is 10.3. The quantitative estimate of drug-likeness (QED) is 0.887. The van der Waals surface area contributed by atoms with Crippen molar-refractivity contribution in [3.63, 3.8) is 0 Å². The molecule has 2 N–H and O–H groups in total. The second-order valence-corrected chi connectivity index (χ2v) is 3.62. The number of H-pyrrole nitrogens is 1. The van der Waals surface area contributed by atoms with Crippen LogP contribution in [0.2, 0.25) is 0 Å². The largest absolute Gasteiger partial charge is 0.476 e. The molecule has 0 amide bonds. The van der Waals surface area contributed by atoms with E-state index in [1.165, 1.54) is 12.1 Å². The van der Waals surface area contributed by atoms with Gasteiger partial charge in [0.05, 0.1) is 6.20 Å². The van der Waals surface area contributed by atoms with Crippen LogP contribution in [0.1, 0.15) is 16.2 Å². The number of rotatable bonds is 4. The van der Waals surface area contributed by atoms with Crippen molar-refractivity contribution in [1.29, 1.82) is 0 Å². The highest BCUT2D eigenvalue weighted by Crippen LogP contribution is 2.19. The van der Waals surface area contributed by atoms with Gasteiger partial charge in [-0.1, -0.05) is 0 Å². The van der Waals surface area contributed by atoms with E-state index in [1.807, 2.05) is 0 Å². The molecule has 8 heteroatoms. The van der Waals surface area contributed by atoms with Crippen molar-refractivity contribution in [1.82, 2.24) is 15.0 Å². The van der Waals surface area contributed by atoms with E-state index in [-0.39, 0.29) is 17.3 Å². The first-order valence-corrected chi connectivity index (χ1v) is 5.18. The molecular formula is C11H9F2N3O3. The summed E-state index contributed by atoms with van der Waals surface area (Å²) in [6, 6.07) is 2.70. The van der Waals surface area contributed by atoms with Gasteiger partial charge in [0.15, 0.2) is 11.5 Å². The summed E-state index contributed by atoms with van der Waals surface area (Å²) >= 11 is 0. The number of carboxylic acid groups (broad SMARTS) is 1. The molecular weight excluding hydrogens is 260 g/mol. The van der Waals surface area contributed by atoms with Gasteiger partial charge in [-0.25, -0.2) is 14.8 Å². The molecule has 2 heterocycles. The van der Waals surface area contributed by atoms with E-state index in [0.29, 0.717) is 11.4 Å². The Bertz CT molecular complexity index is 596. The van der Waals surface area contributed by atoms with Gasteiger partial charge in [-0.15, -0.1) is 0 Å². The number of hydrogen-bond acceptors (Lipinski definition) is 4. The van der Waals surface area contributed by atoms with Gasteiger partial charge in [0.25, 0.3) is 0 Å². The molecule has 0 saturated heterocycles. The van der Waals surface area contributed by atoms with Crippen LogP contribution in [0.5, 0.6) is 5.75 Å². The molecule has 0 aromatic carbocycles. The Balaban J connectivity index is 2.27. The Morgan fingerprint density at radius 2 is 2.21 bits per heavy atom. The van der Waals surface area contributed by atoms with E-state index in [2.05, 4.69) is 19.7 Å². The highest BCUT2D eigenvalue weighted by atomic mass is 19.3. The van der Waals surface area contributed by atoms with Crippen molar-refractivity contribution in [2.75, 3.05) is 0 Å². The standard InChI is InChI=1S/C11H9F2N3O3/c1-5-8(10(17)18)16-9(15-5)7-3-2-6(4-14-7)19-11(12)13/h2-4,11H,1H3,(H,15,16)(H,17,18). The van der Waals surface area contributed by atoms with Crippen LogP contribution in [0, 0.1) is 6.92 Å². The van der Waals surface area contributed by atoms with Gasteiger partial charge in [0.1, 0.15) is 11.4 Å². The number of aryl methyl sites for hydroxylation is 1. The van der Waals surface area contributed by atoms with Crippen LogP contribution >= 0.6 is 0 Å². The van der Waals surface area contributed by atoms with Crippen molar-refractivity contribution in [3.8, 4) is 17.3 Å². The van der Waals surface area contributed by atoms with Crippen molar-refractivity contribution >= 4 is 5.97 Å². The van der Waals surface area contributed by atoms with Gasteiger partial charge in [-0.05, 0) is 19.1 Å². The third-order valence-corrected chi connectivity index (χ3v) is 2.29. The minimum Gasteiger partial charge on any atom is -0.476 e. The van der Waals surface area contributed by atoms with Crippen LogP contribution in [0.3, 0.4) is 0 Å². The molecule has 0 unspecified atom stereocenters. The molecule has 0 saturated carbocycles. The molecule has 0 atom stereocenters. The molecule has 2 aromatic heterocycles. The lowest BCUT2D eigenvalue weighted by Gasteiger charge is -2.03. The summed E-state index contributed by atoms with van der Waals surface area (Å²) in [5.74, 6) is -0.989. The number of carbonyl (C=O) groups is 1. The number of aromatic amines is 1. The smallest absolute Gasteiger partial charge is 0.387 e. The summed E-state index contributed by atoms with van der Waals surface area (Å²) in [6.45, 7) is -1.36. The van der Waals surface area contributed by atoms with Crippen molar-refractivity contribution < 1.29 is 23.4 Å². The average Bonchev–Trinajstić information content (AvgIpc) is 2.71. The van der Waals surface area contributed by atoms with Gasteiger partial charge in [-0.3, -0.25) is 0 Å². The van der Waals surface area contributed by atoms with Gasteiger partial charge in [0, 0.05) is 5.69 Å². The molecule has 0 aliphatic heterocycles. The lowest BCUT2D eigenvalue weighted by Crippen LogP contribution is -2.02. The Hall–Kier alpha value is -2.51. The second kappa shape index (κ2) is 5.01. The summed E-state index contributed by atoms with van der Waals surface area (Å²) in [5, 5.41) is 8.86. The van der Waals surface area contributed by atoms with Crippen LogP contribution in [-0.2, 0) is 0 Å². The number of ether oxygens (including phenoxy) is 1. The Morgan fingerprint density at radius 3 is 2.68 bits per heavy atom. The van der Waals surface area contributed by atoms with E-state index >= 15 is 0 Å². The van der Waals surface area contributed by atoms with E-state index in [1.54, 1.807) is 6.92 Å². The summed E-state index contributed by atoms with van der Waals surface area (Å²) in [7, 11) is 0. The van der Waals surface area contributed by atoms with Crippen LogP contribution < -0.4 is 4.74 Å². The third-order valence-electron chi connectivity index (χ3n) is 2.29. The Labute approximate surface area is 106 Å². The average molecular weight is 269 g/mol. The first-order chi connectivity index (χ1) is 8.97. The number of imidazole rings is 1. The molecule has 0 bridgehead atoms. The fourth-order valence-electron chi connectivity index (χ4n) is 1.48. The zero-order valence-corrected chi connectivity index (χ0v) is 9.72. The maximum Gasteiger partial charge on any atom is 0.387 e. The molecule has 6 nitrogen and oxygen atoms in total. The maximum atomic E-state index is 12.0. The molecule has 0 radical (unpaired) electrons. The predicted octanol–water partition coefficient (Wildman–Crippen LogP) is 2.08. The highest BCUT2D eigenvalue weighted by molar-refractivity contribution is 5.87. The molecule has 2 rings (SSSR count). The van der Waals surface area contributed by atoms with Gasteiger partial charge < -0.3 is 14.8 Å². The normalized spacial score (nSPS) is 10.7. The monoisotopic (exact) mass is 269 g/mol. The van der Waals surface area contributed by atoms with Gasteiger partial charge in [0.2, 0.25) is 0 Å². The molecule has 19 heavy (non-hydrogen) atoms. The number of aromatic nitrogens is 3. The number of halogens is 2. The maximum absolute atomic E-state index is 12.0. The van der Waals surface area contributed by atoms with E-state index in [0.717, 1.165) is 6.20 Å². The van der Waals surface area contributed by atoms with Gasteiger partial charge in [-0.2, -0.15) is 8.78 Å². The number of carboxylic acids is 1. The molecule has 0 fully saturated rings. The van der Waals surface area contributed by atoms with E-state index < -0.39 is 12.6 Å². The molecule has 100 valence electrons. The Kier molecular flexibility index (Phi) is 3.41. The second-order valence-electron chi connectivity index (χ2n) is 3.62. The summed E-state index contributed by atoms with van der Waals surface area (Å²) in [4.78, 5) is 21.3. The van der Waals surface area contributed by atoms with Crippen molar-refractivity contribution in [2.24, 2.45) is 0 Å². The number of nitrogens with zero attached hydrogens (tertiary/aromatic N) is 2. The van der Waals surface area contributed by atoms with Crippen molar-refractivity contribution in [2.45, 2.75) is 13.5 Å². The van der Waals surface area contributed by atoms with E-state index in [9.17, 15) is 13.6 Å². The summed E-state index contributed by atoms with van der Waals surface area (Å²) in [6.07, 6.45) is 1.11. The van der Waals surface area contributed by atoms with Crippen LogP contribution in [0.4, 0.5) is 8.78 Å². The molecule has 2 aromatic rings. The molecule has 0 aliphatic rings.